The Balaban J connectivity index is 1.89. The molecule has 3 rings (SSSR count). The number of hydrogen-bond acceptors (Lipinski definition) is 3. The van der Waals surface area contributed by atoms with Crippen LogP contribution in [0.1, 0.15) is 37.0 Å². The Bertz CT molecular complexity index is 1040. The van der Waals surface area contributed by atoms with Gasteiger partial charge in [0.05, 0.1) is 0 Å². The summed E-state index contributed by atoms with van der Waals surface area (Å²) in [5.74, 6) is 0.617. The van der Waals surface area contributed by atoms with Crippen molar-refractivity contribution in [2.75, 3.05) is 6.61 Å². The van der Waals surface area contributed by atoms with Crippen LogP contribution in [0.15, 0.2) is 54.6 Å². The molecule has 0 fully saturated rings. The molecule has 0 aliphatic rings. The van der Waals surface area contributed by atoms with Crippen molar-refractivity contribution < 1.29 is 14.6 Å². The maximum Gasteiger partial charge on any atom is 0.167 e. The summed E-state index contributed by atoms with van der Waals surface area (Å²) < 4.78 is 5.41. The molecule has 30 heavy (non-hydrogen) atoms. The summed E-state index contributed by atoms with van der Waals surface area (Å²) in [5.41, 5.74) is 4.74. The zero-order chi connectivity index (χ0) is 21.7. The Labute approximate surface area is 187 Å². The first kappa shape index (κ1) is 22.2. The van der Waals surface area contributed by atoms with Crippen LogP contribution in [0.3, 0.4) is 0 Å². The van der Waals surface area contributed by atoms with Crippen molar-refractivity contribution in [1.29, 1.82) is 0 Å². The Kier molecular flexibility index (Phi) is 7.41. The van der Waals surface area contributed by atoms with Crippen LogP contribution in [-0.4, -0.2) is 17.5 Å². The van der Waals surface area contributed by atoms with Gasteiger partial charge in [-0.25, -0.2) is 0 Å². The Morgan fingerprint density at radius 2 is 1.73 bits per heavy atom. The number of aromatic hydroxyl groups is 1. The molecule has 0 heterocycles. The fourth-order valence-corrected chi connectivity index (χ4v) is 3.93. The van der Waals surface area contributed by atoms with Gasteiger partial charge < -0.3 is 9.84 Å². The van der Waals surface area contributed by atoms with Crippen molar-refractivity contribution in [2.45, 2.75) is 33.1 Å². The van der Waals surface area contributed by atoms with Crippen molar-refractivity contribution in [3.8, 4) is 22.6 Å². The maximum atomic E-state index is 11.1. The van der Waals surface area contributed by atoms with Gasteiger partial charge in [0.1, 0.15) is 18.1 Å². The van der Waals surface area contributed by atoms with Gasteiger partial charge in [-0.05, 0) is 59.9 Å². The van der Waals surface area contributed by atoms with E-state index in [2.05, 4.69) is 19.1 Å². The van der Waals surface area contributed by atoms with Crippen molar-refractivity contribution in [2.24, 2.45) is 0 Å². The van der Waals surface area contributed by atoms with E-state index < -0.39 is 0 Å². The molecule has 0 saturated carbocycles. The highest BCUT2D eigenvalue weighted by Gasteiger charge is 2.13. The highest BCUT2D eigenvalue weighted by atomic mass is 35.5. The van der Waals surface area contributed by atoms with Crippen molar-refractivity contribution in [3.05, 3.63) is 81.3 Å². The molecular weight excluding hydrogens is 419 g/mol. The summed E-state index contributed by atoms with van der Waals surface area (Å²) in [7, 11) is 0. The van der Waals surface area contributed by atoms with E-state index in [0.29, 0.717) is 22.2 Å². The number of rotatable bonds is 8. The van der Waals surface area contributed by atoms with Crippen molar-refractivity contribution in [3.63, 3.8) is 0 Å². The molecule has 1 N–H and O–H groups in total. The lowest BCUT2D eigenvalue weighted by Gasteiger charge is -2.13. The molecule has 0 amide bonds. The van der Waals surface area contributed by atoms with Gasteiger partial charge in [0, 0.05) is 22.0 Å². The molecule has 0 aromatic heterocycles. The average molecular weight is 443 g/mol. The Morgan fingerprint density at radius 1 is 1.00 bits per heavy atom. The van der Waals surface area contributed by atoms with Gasteiger partial charge in [0.2, 0.25) is 0 Å². The number of ketones is 1. The van der Waals surface area contributed by atoms with E-state index in [1.807, 2.05) is 24.3 Å². The van der Waals surface area contributed by atoms with E-state index in [1.165, 1.54) is 12.5 Å². The van der Waals surface area contributed by atoms with Gasteiger partial charge >= 0.3 is 0 Å². The number of phenolic OH excluding ortho intramolecular Hbond substituents is 1. The van der Waals surface area contributed by atoms with E-state index >= 15 is 0 Å². The quantitative estimate of drug-likeness (QED) is 0.413. The van der Waals surface area contributed by atoms with Crippen molar-refractivity contribution >= 4 is 29.0 Å². The molecule has 0 atom stereocenters. The minimum absolute atomic E-state index is 0.0234. The number of hydrogen-bond donors (Lipinski definition) is 1. The molecule has 0 bridgehead atoms. The molecule has 0 aliphatic carbocycles. The largest absolute Gasteiger partial charge is 0.507 e. The Morgan fingerprint density at radius 3 is 2.40 bits per heavy atom. The second-order valence-electron chi connectivity index (χ2n) is 7.33. The van der Waals surface area contributed by atoms with E-state index in [1.54, 1.807) is 18.2 Å². The molecule has 5 heteroatoms. The topological polar surface area (TPSA) is 46.5 Å². The lowest BCUT2D eigenvalue weighted by Crippen LogP contribution is -2.06. The smallest absolute Gasteiger partial charge is 0.167 e. The monoisotopic (exact) mass is 442 g/mol. The van der Waals surface area contributed by atoms with Crippen LogP contribution in [0.4, 0.5) is 0 Å². The number of phenols is 1. The molecule has 0 saturated heterocycles. The van der Waals surface area contributed by atoms with Crippen LogP contribution in [0, 0.1) is 0 Å². The van der Waals surface area contributed by atoms with Gasteiger partial charge in [-0.15, -0.1) is 0 Å². The molecule has 156 valence electrons. The zero-order valence-corrected chi connectivity index (χ0v) is 18.6. The normalized spacial score (nSPS) is 10.8. The molecule has 3 aromatic rings. The lowest BCUT2D eigenvalue weighted by atomic mass is 9.96. The van der Waals surface area contributed by atoms with E-state index in [9.17, 15) is 9.90 Å². The van der Waals surface area contributed by atoms with E-state index in [-0.39, 0.29) is 18.1 Å². The van der Waals surface area contributed by atoms with Crippen LogP contribution in [0.2, 0.25) is 10.0 Å². The first-order chi connectivity index (χ1) is 14.4. The SMILES string of the molecule is CCCc1cccc(-c2cc(Cc3c(Cl)cc(OCC(C)=O)cc3Cl)ccc2O)c1. The van der Waals surface area contributed by atoms with Gasteiger partial charge in [-0.3, -0.25) is 4.79 Å². The summed E-state index contributed by atoms with van der Waals surface area (Å²) in [5, 5.41) is 11.4. The van der Waals surface area contributed by atoms with Gasteiger partial charge in [-0.2, -0.15) is 0 Å². The predicted molar refractivity (Wildman–Crippen MR) is 123 cm³/mol. The third-order valence-corrected chi connectivity index (χ3v) is 5.45. The zero-order valence-electron chi connectivity index (χ0n) is 17.0. The number of ether oxygens (including phenoxy) is 1. The highest BCUT2D eigenvalue weighted by molar-refractivity contribution is 6.36. The van der Waals surface area contributed by atoms with E-state index in [4.69, 9.17) is 27.9 Å². The van der Waals surface area contributed by atoms with Crippen LogP contribution in [-0.2, 0) is 17.6 Å². The maximum absolute atomic E-state index is 11.1. The summed E-state index contributed by atoms with van der Waals surface area (Å²) >= 11 is 12.9. The number of aryl methyl sites for hydroxylation is 1. The second-order valence-corrected chi connectivity index (χ2v) is 8.15. The predicted octanol–water partition coefficient (Wildman–Crippen LogP) is 6.88. The minimum Gasteiger partial charge on any atom is -0.507 e. The molecular formula is C25H24Cl2O3. The molecule has 3 aromatic carbocycles. The fourth-order valence-electron chi connectivity index (χ4n) is 3.33. The van der Waals surface area contributed by atoms with Gasteiger partial charge in [0.25, 0.3) is 0 Å². The Hall–Kier alpha value is -2.49. The molecule has 3 nitrogen and oxygen atoms in total. The summed E-state index contributed by atoms with van der Waals surface area (Å²) in [4.78, 5) is 11.1. The second kappa shape index (κ2) is 10.0. The standard InChI is InChI=1S/C25H24Cl2O3/c1-3-5-17-6-4-7-19(10-17)21-11-18(8-9-25(21)29)12-22-23(26)13-20(14-24(22)27)30-15-16(2)28/h4,6-11,13-14,29H,3,5,12,15H2,1-2H3. The first-order valence-electron chi connectivity index (χ1n) is 9.88. The number of Topliss-reactive ketones (excluding diaryl/α,β-unsaturated/α-hetero) is 1. The van der Waals surface area contributed by atoms with Gasteiger partial charge in [-0.1, -0.05) is 66.9 Å². The van der Waals surface area contributed by atoms with Crippen LogP contribution < -0.4 is 4.74 Å². The minimum atomic E-state index is -0.0778. The van der Waals surface area contributed by atoms with E-state index in [0.717, 1.165) is 35.1 Å². The first-order valence-corrected chi connectivity index (χ1v) is 10.6. The van der Waals surface area contributed by atoms with Crippen LogP contribution in [0.5, 0.6) is 11.5 Å². The summed E-state index contributed by atoms with van der Waals surface area (Å²) in [6.07, 6.45) is 2.57. The molecule has 0 spiro atoms. The number of halogens is 2. The third kappa shape index (κ3) is 5.56. The van der Waals surface area contributed by atoms with Crippen LogP contribution >= 0.6 is 23.2 Å². The number of carbonyl (C=O) groups excluding carboxylic acids is 1. The van der Waals surface area contributed by atoms with Crippen LogP contribution in [0.25, 0.3) is 11.1 Å². The highest BCUT2D eigenvalue weighted by Crippen LogP contribution is 2.35. The van der Waals surface area contributed by atoms with Gasteiger partial charge in [0.15, 0.2) is 5.78 Å². The summed E-state index contributed by atoms with van der Waals surface area (Å²) in [6, 6.07) is 17.1. The molecule has 0 unspecified atom stereocenters. The number of carbonyl (C=O) groups is 1. The lowest BCUT2D eigenvalue weighted by molar-refractivity contribution is -0.118. The fraction of sp³-hybridized carbons (Fsp3) is 0.240. The van der Waals surface area contributed by atoms with Crippen molar-refractivity contribution in [1.82, 2.24) is 0 Å². The molecule has 0 radical (unpaired) electrons. The number of benzene rings is 3. The third-order valence-electron chi connectivity index (χ3n) is 4.78. The molecule has 0 aliphatic heterocycles. The average Bonchev–Trinajstić information content (AvgIpc) is 2.71. The summed E-state index contributed by atoms with van der Waals surface area (Å²) in [6.45, 7) is 3.58.